The molecule has 80 valence electrons. The van der Waals surface area contributed by atoms with Gasteiger partial charge in [0.1, 0.15) is 17.7 Å². The minimum absolute atomic E-state index is 0.186. The fraction of sp³-hybridized carbons (Fsp3) is 0.538. The highest BCUT2D eigenvalue weighted by Crippen LogP contribution is 2.34. The lowest BCUT2D eigenvalue weighted by Gasteiger charge is -2.39. The van der Waals surface area contributed by atoms with Crippen molar-refractivity contribution < 1.29 is 4.39 Å². The van der Waals surface area contributed by atoms with Gasteiger partial charge >= 0.3 is 0 Å². The topological polar surface area (TPSA) is 0 Å². The third kappa shape index (κ3) is 3.79. The summed E-state index contributed by atoms with van der Waals surface area (Å²) in [5.74, 6) is 0. The molecule has 1 aliphatic rings. The summed E-state index contributed by atoms with van der Waals surface area (Å²) >= 11 is 0. The van der Waals surface area contributed by atoms with Crippen molar-refractivity contribution in [3.63, 3.8) is 0 Å². The minimum atomic E-state index is 0.186. The molecule has 0 atom stereocenters. The second-order valence-corrected chi connectivity index (χ2v) is 5.84. The van der Waals surface area contributed by atoms with Crippen molar-refractivity contribution in [3.05, 3.63) is 36.1 Å². The average Bonchev–Trinajstić information content (AvgIpc) is 1.99. The predicted octanol–water partition coefficient (Wildman–Crippen LogP) is 2.47. The van der Waals surface area contributed by atoms with Crippen LogP contribution in [0.25, 0.3) is 0 Å². The Bertz CT molecular complexity index is 287. The maximum absolute atomic E-state index is 6.02. The van der Waals surface area contributed by atoms with E-state index in [1.165, 1.54) is 11.1 Å². The van der Waals surface area contributed by atoms with Crippen LogP contribution in [-0.4, -0.2) is 33.0 Å². The zero-order chi connectivity index (χ0) is 11.7. The fourth-order valence-electron chi connectivity index (χ4n) is 1.83. The van der Waals surface area contributed by atoms with Gasteiger partial charge in [0.15, 0.2) is 0 Å². The average molecular weight is 202 g/mol. The molecule has 0 fully saturated rings. The molecule has 0 aromatic rings. The van der Waals surface area contributed by atoms with Crippen molar-refractivity contribution in [2.45, 2.75) is 20.8 Å². The number of rotatable bonds is 2. The van der Waals surface area contributed by atoms with Crippen LogP contribution in [0.5, 0.6) is 0 Å². The van der Waals surface area contributed by atoms with Crippen LogP contribution in [0.2, 0.25) is 0 Å². The molecule has 15 heavy (non-hydrogen) atoms. The highest BCUT2D eigenvalue weighted by atomic mass is 15.2. The summed E-state index contributed by atoms with van der Waals surface area (Å²) in [7, 11) is 10.0. The number of nitrogens with zero attached hydrogens (tertiary/aromatic N) is 1. The van der Waals surface area contributed by atoms with Crippen LogP contribution in [0, 0.1) is 18.3 Å². The van der Waals surface area contributed by atoms with Gasteiger partial charge < -0.3 is 4.39 Å². The summed E-state index contributed by atoms with van der Waals surface area (Å²) < 4.78 is 0.479. The number of allylic oxidation sites excluding steroid dienone is 2. The maximum atomic E-state index is 6.02. The zero-order valence-electron chi connectivity index (χ0n) is 10.5. The van der Waals surface area contributed by atoms with Gasteiger partial charge in [-0.15, -0.1) is 0 Å². The van der Waals surface area contributed by atoms with Crippen LogP contribution in [0.4, 0.5) is 0 Å². The van der Waals surface area contributed by atoms with Crippen LogP contribution < -0.4 is 0 Å². The third-order valence-electron chi connectivity index (χ3n) is 2.40. The van der Waals surface area contributed by atoms with E-state index < -0.39 is 0 Å². The first-order valence-electron chi connectivity index (χ1n) is 5.40. The Morgan fingerprint density at radius 2 is 1.93 bits per heavy atom. The molecule has 1 rings (SSSR count). The molecule has 0 spiro atoms. The van der Waals surface area contributed by atoms with E-state index in [2.05, 4.69) is 45.8 Å². The van der Waals surface area contributed by atoms with Crippen molar-refractivity contribution in [1.29, 1.82) is 0 Å². The van der Waals surface area contributed by atoms with E-state index in [1.807, 2.05) is 14.1 Å². The minimum Gasteiger partial charge on any atom is -0.573 e. The molecule has 0 N–H and O–H groups in total. The molecule has 4 radical (unpaired) electrons. The summed E-state index contributed by atoms with van der Waals surface area (Å²) in [5.41, 5.74) is 2.92. The van der Waals surface area contributed by atoms with E-state index in [-0.39, 0.29) is 5.41 Å². The first kappa shape index (κ1) is 12.4. The van der Waals surface area contributed by atoms with E-state index in [1.54, 1.807) is 0 Å². The number of hydrogen-bond acceptors (Lipinski definition) is 0. The highest BCUT2D eigenvalue weighted by molar-refractivity contribution is 5.97. The van der Waals surface area contributed by atoms with Crippen LogP contribution in [0.3, 0.4) is 0 Å². The van der Waals surface area contributed by atoms with Gasteiger partial charge in [0.05, 0.1) is 12.8 Å². The molecule has 0 unspecified atom stereocenters. The molecule has 0 aromatic heterocycles. The van der Waals surface area contributed by atoms with E-state index in [0.717, 1.165) is 6.54 Å². The van der Waals surface area contributed by atoms with Crippen molar-refractivity contribution in [2.75, 3.05) is 20.6 Å². The molecule has 0 heterocycles. The summed E-state index contributed by atoms with van der Waals surface area (Å²) in [5, 5.41) is 0. The van der Waals surface area contributed by atoms with Gasteiger partial charge in [-0.05, 0) is 6.08 Å². The molecular formula is C13H21BN+. The molecular weight excluding hydrogens is 181 g/mol. The standard InChI is InChI=1S/C13H21BN/c1-13(2,3)12-9-7-6-8-11(12)10-15(4,5)14/h6-9H,10H2,1-5H3/q+1. The number of hydrogen-bond donors (Lipinski definition) is 0. The quantitative estimate of drug-likeness (QED) is 0.476. The van der Waals surface area contributed by atoms with Crippen molar-refractivity contribution in [3.8, 4) is 0 Å². The summed E-state index contributed by atoms with van der Waals surface area (Å²) in [6.07, 6.45) is 8.55. The van der Waals surface area contributed by atoms with Crippen molar-refractivity contribution in [2.24, 2.45) is 5.41 Å². The highest BCUT2D eigenvalue weighted by Gasteiger charge is 2.30. The molecule has 0 saturated carbocycles. The first-order chi connectivity index (χ1) is 6.70. The molecule has 0 bridgehead atoms. The maximum Gasteiger partial charge on any atom is 0.133 e. The lowest BCUT2D eigenvalue weighted by atomic mass is 9.78. The SMILES string of the molecule is [B-][N+](C)(C)CC1=C(C(C)(C)C)[CH+][CH]C=C1. The third-order valence-corrected chi connectivity index (χ3v) is 2.40. The Kier molecular flexibility index (Phi) is 3.39. The Labute approximate surface area is 95.9 Å². The van der Waals surface area contributed by atoms with Gasteiger partial charge in [-0.2, -0.15) is 0 Å². The van der Waals surface area contributed by atoms with Crippen LogP contribution in [-0.2, 0) is 0 Å². The Hall–Kier alpha value is -0.625. The zero-order valence-corrected chi connectivity index (χ0v) is 10.5. The van der Waals surface area contributed by atoms with Crippen LogP contribution in [0.15, 0.2) is 23.3 Å². The summed E-state index contributed by atoms with van der Waals surface area (Å²) in [6.45, 7) is 7.58. The van der Waals surface area contributed by atoms with Gasteiger partial charge in [-0.25, -0.2) is 7.98 Å². The van der Waals surface area contributed by atoms with Crippen molar-refractivity contribution >= 4 is 7.98 Å². The second-order valence-electron chi connectivity index (χ2n) is 5.84. The fourth-order valence-corrected chi connectivity index (χ4v) is 1.83. The van der Waals surface area contributed by atoms with E-state index in [0.29, 0.717) is 4.39 Å². The monoisotopic (exact) mass is 202 g/mol. The largest absolute Gasteiger partial charge is 0.573 e. The van der Waals surface area contributed by atoms with Gasteiger partial charge in [-0.1, -0.05) is 20.8 Å². The van der Waals surface area contributed by atoms with E-state index >= 15 is 0 Å². The Balaban J connectivity index is 2.98. The second kappa shape index (κ2) is 4.09. The molecule has 0 aromatic carbocycles. The summed E-state index contributed by atoms with van der Waals surface area (Å²) in [6, 6.07) is 0. The molecule has 1 nitrogen and oxygen atoms in total. The lowest BCUT2D eigenvalue weighted by Crippen LogP contribution is -2.39. The van der Waals surface area contributed by atoms with Crippen LogP contribution in [0.1, 0.15) is 20.8 Å². The molecule has 2 heteroatoms. The van der Waals surface area contributed by atoms with Gasteiger partial charge in [0, 0.05) is 25.6 Å². The Morgan fingerprint density at radius 1 is 1.33 bits per heavy atom. The Morgan fingerprint density at radius 3 is 2.40 bits per heavy atom. The lowest BCUT2D eigenvalue weighted by molar-refractivity contribution is -0.767. The van der Waals surface area contributed by atoms with Gasteiger partial charge in [0.2, 0.25) is 0 Å². The van der Waals surface area contributed by atoms with E-state index in [9.17, 15) is 0 Å². The van der Waals surface area contributed by atoms with Gasteiger partial charge in [0.25, 0.3) is 0 Å². The molecule has 0 aliphatic heterocycles. The van der Waals surface area contributed by atoms with Gasteiger partial charge in [-0.3, -0.25) is 0 Å². The number of likely N-dealkylation sites (N-methyl/N-ethyl adjacent to an activating group) is 1. The first-order valence-corrected chi connectivity index (χ1v) is 5.40. The van der Waals surface area contributed by atoms with Crippen LogP contribution >= 0.6 is 0 Å². The molecule has 0 saturated heterocycles. The number of quaternary nitrogens is 1. The van der Waals surface area contributed by atoms with Crippen molar-refractivity contribution in [1.82, 2.24) is 0 Å². The predicted molar refractivity (Wildman–Crippen MR) is 67.0 cm³/mol. The summed E-state index contributed by atoms with van der Waals surface area (Å²) in [4.78, 5) is 0. The van der Waals surface area contributed by atoms with E-state index in [4.69, 9.17) is 7.98 Å². The normalized spacial score (nSPS) is 18.0. The molecule has 1 aliphatic carbocycles. The smallest absolute Gasteiger partial charge is 0.133 e. The molecule has 0 amide bonds.